The molecule has 0 saturated heterocycles. The molecule has 2 rings (SSSR count). The van der Waals surface area contributed by atoms with E-state index in [9.17, 15) is 13.6 Å². The van der Waals surface area contributed by atoms with Crippen LogP contribution in [0.25, 0.3) is 0 Å². The molecule has 1 aliphatic heterocycles. The van der Waals surface area contributed by atoms with E-state index in [1.807, 2.05) is 18.9 Å². The third-order valence-corrected chi connectivity index (χ3v) is 2.77. The molecule has 0 spiro atoms. The van der Waals surface area contributed by atoms with Gasteiger partial charge in [0, 0.05) is 12.1 Å². The van der Waals surface area contributed by atoms with E-state index in [2.05, 4.69) is 9.47 Å². The van der Waals surface area contributed by atoms with Crippen LogP contribution >= 0.6 is 0 Å². The van der Waals surface area contributed by atoms with Crippen LogP contribution in [0, 0.1) is 0 Å². The van der Waals surface area contributed by atoms with Crippen LogP contribution in [0.2, 0.25) is 0 Å². The van der Waals surface area contributed by atoms with E-state index >= 15 is 0 Å². The van der Waals surface area contributed by atoms with Crippen molar-refractivity contribution in [3.8, 4) is 11.5 Å². The van der Waals surface area contributed by atoms with Crippen molar-refractivity contribution in [3.63, 3.8) is 0 Å². The zero-order chi connectivity index (χ0) is 13.3. The van der Waals surface area contributed by atoms with E-state index in [4.69, 9.17) is 0 Å². The summed E-state index contributed by atoms with van der Waals surface area (Å²) in [5, 5.41) is 0. The minimum Gasteiger partial charge on any atom is -0.395 e. The summed E-state index contributed by atoms with van der Waals surface area (Å²) in [6, 6.07) is 3.05. The highest BCUT2D eigenvalue weighted by Gasteiger charge is 2.45. The molecule has 1 heterocycles. The molecule has 1 aromatic carbocycles. The van der Waals surface area contributed by atoms with Crippen LogP contribution in [0.5, 0.6) is 11.5 Å². The van der Waals surface area contributed by atoms with Crippen molar-refractivity contribution < 1.29 is 23.0 Å². The summed E-state index contributed by atoms with van der Waals surface area (Å²) in [5.41, 5.74) is 0.627. The van der Waals surface area contributed by atoms with Gasteiger partial charge >= 0.3 is 6.29 Å². The predicted molar refractivity (Wildman–Crippen MR) is 60.0 cm³/mol. The first-order chi connectivity index (χ1) is 8.46. The number of carbonyl (C=O) groups excluding carboxylic acids is 1. The van der Waals surface area contributed by atoms with Crippen molar-refractivity contribution in [2.75, 3.05) is 13.6 Å². The Bertz CT molecular complexity index is 477. The first-order valence-electron chi connectivity index (χ1n) is 5.52. The number of hydrogen-bond donors (Lipinski definition) is 0. The summed E-state index contributed by atoms with van der Waals surface area (Å²) >= 11 is 0. The molecule has 0 unspecified atom stereocenters. The average Bonchev–Trinajstić information content (AvgIpc) is 2.65. The molecule has 0 atom stereocenters. The maximum atomic E-state index is 13.1. The lowest BCUT2D eigenvalue weighted by Crippen LogP contribution is -2.26. The Morgan fingerprint density at radius 2 is 2.00 bits per heavy atom. The van der Waals surface area contributed by atoms with Gasteiger partial charge in [0.1, 0.15) is 0 Å². The molecule has 0 fully saturated rings. The van der Waals surface area contributed by atoms with E-state index in [0.717, 1.165) is 6.54 Å². The minimum atomic E-state index is -3.71. The SMILES string of the molecule is CCN(C)Cc1ccc(C=O)c2c1OC(F)(F)O2. The molecule has 4 nitrogen and oxygen atoms in total. The van der Waals surface area contributed by atoms with Crippen molar-refractivity contribution in [1.29, 1.82) is 0 Å². The maximum absolute atomic E-state index is 13.1. The van der Waals surface area contributed by atoms with Gasteiger partial charge in [-0.1, -0.05) is 13.0 Å². The molecular formula is C12H13F2NO3. The number of carbonyl (C=O) groups is 1. The quantitative estimate of drug-likeness (QED) is 0.776. The highest BCUT2D eigenvalue weighted by molar-refractivity contribution is 5.82. The van der Waals surface area contributed by atoms with Gasteiger partial charge in [-0.15, -0.1) is 8.78 Å². The molecule has 0 aliphatic carbocycles. The van der Waals surface area contributed by atoms with Gasteiger partial charge in [-0.05, 0) is 19.7 Å². The van der Waals surface area contributed by atoms with Crippen LogP contribution in [0.3, 0.4) is 0 Å². The number of halogens is 2. The Morgan fingerprint density at radius 3 is 2.61 bits per heavy atom. The fourth-order valence-electron chi connectivity index (χ4n) is 1.71. The fraction of sp³-hybridized carbons (Fsp3) is 0.417. The summed E-state index contributed by atoms with van der Waals surface area (Å²) in [7, 11) is 1.86. The summed E-state index contributed by atoms with van der Waals surface area (Å²) in [6.07, 6.45) is -3.24. The number of nitrogens with zero attached hydrogens (tertiary/aromatic N) is 1. The van der Waals surface area contributed by atoms with E-state index in [1.165, 1.54) is 6.07 Å². The van der Waals surface area contributed by atoms with E-state index in [0.29, 0.717) is 18.4 Å². The third kappa shape index (κ3) is 2.28. The lowest BCUT2D eigenvalue weighted by molar-refractivity contribution is -0.287. The molecule has 1 aromatic rings. The molecule has 98 valence electrons. The van der Waals surface area contributed by atoms with Gasteiger partial charge in [0.2, 0.25) is 0 Å². The average molecular weight is 257 g/mol. The van der Waals surface area contributed by atoms with Crippen LogP contribution in [-0.2, 0) is 6.54 Å². The second kappa shape index (κ2) is 4.53. The zero-order valence-electron chi connectivity index (χ0n) is 10.1. The Kier molecular flexibility index (Phi) is 3.21. The first-order valence-corrected chi connectivity index (χ1v) is 5.52. The van der Waals surface area contributed by atoms with Crippen molar-refractivity contribution in [2.45, 2.75) is 19.8 Å². The Balaban J connectivity index is 2.41. The van der Waals surface area contributed by atoms with Gasteiger partial charge in [0.25, 0.3) is 0 Å². The largest absolute Gasteiger partial charge is 0.586 e. The molecule has 6 heteroatoms. The zero-order valence-corrected chi connectivity index (χ0v) is 10.1. The first kappa shape index (κ1) is 12.8. The van der Waals surface area contributed by atoms with Gasteiger partial charge in [-0.25, -0.2) is 0 Å². The fourth-order valence-corrected chi connectivity index (χ4v) is 1.71. The molecule has 1 aliphatic rings. The van der Waals surface area contributed by atoms with Gasteiger partial charge in [-0.2, -0.15) is 0 Å². The van der Waals surface area contributed by atoms with Gasteiger partial charge < -0.3 is 14.4 Å². The highest BCUT2D eigenvalue weighted by Crippen LogP contribution is 2.45. The molecule has 18 heavy (non-hydrogen) atoms. The Morgan fingerprint density at radius 1 is 1.33 bits per heavy atom. The predicted octanol–water partition coefficient (Wildman–Crippen LogP) is 2.27. The summed E-state index contributed by atoms with van der Waals surface area (Å²) in [5.74, 6) is -0.234. The van der Waals surface area contributed by atoms with Crippen molar-refractivity contribution in [2.24, 2.45) is 0 Å². The van der Waals surface area contributed by atoms with E-state index < -0.39 is 6.29 Å². The van der Waals surface area contributed by atoms with Crippen LogP contribution in [0.4, 0.5) is 8.78 Å². The number of hydrogen-bond acceptors (Lipinski definition) is 4. The summed E-state index contributed by atoms with van der Waals surface area (Å²) in [6.45, 7) is 3.16. The summed E-state index contributed by atoms with van der Waals surface area (Å²) < 4.78 is 35.0. The van der Waals surface area contributed by atoms with Crippen LogP contribution in [-0.4, -0.2) is 31.1 Å². The van der Waals surface area contributed by atoms with Gasteiger partial charge in [0.05, 0.1) is 5.56 Å². The highest BCUT2D eigenvalue weighted by atomic mass is 19.3. The summed E-state index contributed by atoms with van der Waals surface area (Å²) in [4.78, 5) is 12.7. The number of fused-ring (bicyclic) bond motifs is 1. The third-order valence-electron chi connectivity index (χ3n) is 2.77. The number of benzene rings is 1. The van der Waals surface area contributed by atoms with Crippen LogP contribution in [0.15, 0.2) is 12.1 Å². The molecule has 0 bridgehead atoms. The molecule has 0 N–H and O–H groups in total. The smallest absolute Gasteiger partial charge is 0.395 e. The number of rotatable bonds is 4. The number of alkyl halides is 2. The number of ether oxygens (including phenoxy) is 2. The van der Waals surface area contributed by atoms with E-state index in [1.54, 1.807) is 6.07 Å². The maximum Gasteiger partial charge on any atom is 0.586 e. The minimum absolute atomic E-state index is 0.0510. The molecular weight excluding hydrogens is 244 g/mol. The Hall–Kier alpha value is -1.69. The van der Waals surface area contributed by atoms with Gasteiger partial charge in [-0.3, -0.25) is 4.79 Å². The molecule has 0 saturated carbocycles. The van der Waals surface area contributed by atoms with Crippen LogP contribution < -0.4 is 9.47 Å². The van der Waals surface area contributed by atoms with Crippen LogP contribution in [0.1, 0.15) is 22.8 Å². The number of aldehydes is 1. The monoisotopic (exact) mass is 257 g/mol. The topological polar surface area (TPSA) is 38.8 Å². The standard InChI is InChI=1S/C12H13F2NO3/c1-3-15(2)6-8-4-5-9(7-16)11-10(8)17-12(13,14)18-11/h4-5,7H,3,6H2,1-2H3. The molecule has 0 amide bonds. The lowest BCUT2D eigenvalue weighted by Gasteiger charge is -2.15. The normalized spacial score (nSPS) is 16.1. The van der Waals surface area contributed by atoms with E-state index in [-0.39, 0.29) is 17.1 Å². The molecule has 0 radical (unpaired) electrons. The Labute approximate surface area is 103 Å². The van der Waals surface area contributed by atoms with Crippen molar-refractivity contribution in [1.82, 2.24) is 4.90 Å². The van der Waals surface area contributed by atoms with Crippen molar-refractivity contribution in [3.05, 3.63) is 23.3 Å². The van der Waals surface area contributed by atoms with Gasteiger partial charge in [0.15, 0.2) is 17.8 Å². The second-order valence-electron chi connectivity index (χ2n) is 4.09. The van der Waals surface area contributed by atoms with Crippen molar-refractivity contribution >= 4 is 6.29 Å². The lowest BCUT2D eigenvalue weighted by atomic mass is 10.1. The molecule has 0 aromatic heterocycles. The second-order valence-corrected chi connectivity index (χ2v) is 4.09.